The smallest absolute Gasteiger partial charge is 0.278 e. The van der Waals surface area contributed by atoms with E-state index in [-0.39, 0.29) is 24.6 Å². The predicted molar refractivity (Wildman–Crippen MR) is 124 cm³/mol. The number of fused-ring (bicyclic) bond motifs is 1. The Bertz CT molecular complexity index is 1380. The molecule has 0 aliphatic carbocycles. The van der Waals surface area contributed by atoms with Gasteiger partial charge in [0.15, 0.2) is 0 Å². The number of hydrogen-bond acceptors (Lipinski definition) is 6. The molecule has 4 rings (SSSR count). The van der Waals surface area contributed by atoms with Gasteiger partial charge in [0, 0.05) is 18.2 Å². The second kappa shape index (κ2) is 9.15. The highest BCUT2D eigenvalue weighted by atomic mass is 16.5. The third-order valence-corrected chi connectivity index (χ3v) is 5.44. The van der Waals surface area contributed by atoms with Gasteiger partial charge in [0.25, 0.3) is 5.56 Å². The molecular formula is C24H25N5O4. The van der Waals surface area contributed by atoms with Gasteiger partial charge in [-0.1, -0.05) is 18.2 Å². The van der Waals surface area contributed by atoms with Crippen molar-refractivity contribution in [2.75, 3.05) is 14.2 Å². The largest absolute Gasteiger partial charge is 0.497 e. The van der Waals surface area contributed by atoms with E-state index in [4.69, 9.17) is 9.47 Å². The van der Waals surface area contributed by atoms with Crippen LogP contribution in [0.25, 0.3) is 16.6 Å². The monoisotopic (exact) mass is 447 g/mol. The molecule has 9 nitrogen and oxygen atoms in total. The van der Waals surface area contributed by atoms with Crippen LogP contribution >= 0.6 is 0 Å². The number of methoxy groups -OCH3 is 2. The van der Waals surface area contributed by atoms with Gasteiger partial charge in [-0.2, -0.15) is 10.2 Å². The Labute approximate surface area is 190 Å². The Morgan fingerprint density at radius 2 is 1.79 bits per heavy atom. The molecule has 0 aliphatic heterocycles. The fourth-order valence-corrected chi connectivity index (χ4v) is 3.73. The summed E-state index contributed by atoms with van der Waals surface area (Å²) in [6.45, 7) is 3.65. The normalized spacial score (nSPS) is 10.9. The van der Waals surface area contributed by atoms with Crippen LogP contribution in [0.3, 0.4) is 0 Å². The fourth-order valence-electron chi connectivity index (χ4n) is 3.73. The summed E-state index contributed by atoms with van der Waals surface area (Å²) in [7, 11) is 3.13. The van der Waals surface area contributed by atoms with Gasteiger partial charge >= 0.3 is 0 Å². The number of ether oxygens (including phenoxy) is 2. The second-order valence-electron chi connectivity index (χ2n) is 7.56. The van der Waals surface area contributed by atoms with E-state index < -0.39 is 0 Å². The van der Waals surface area contributed by atoms with Gasteiger partial charge in [0.2, 0.25) is 5.91 Å². The lowest BCUT2D eigenvalue weighted by molar-refractivity contribution is -0.122. The fraction of sp³-hybridized carbons (Fsp3) is 0.250. The minimum absolute atomic E-state index is 0.204. The summed E-state index contributed by atoms with van der Waals surface area (Å²) in [5.74, 6) is 0.924. The lowest BCUT2D eigenvalue weighted by Crippen LogP contribution is -2.34. The third kappa shape index (κ3) is 4.30. The van der Waals surface area contributed by atoms with Crippen molar-refractivity contribution < 1.29 is 14.3 Å². The Kier molecular flexibility index (Phi) is 6.12. The van der Waals surface area contributed by atoms with Gasteiger partial charge in [0.05, 0.1) is 36.7 Å². The lowest BCUT2D eigenvalue weighted by atomic mass is 10.2. The number of nitrogens with one attached hydrogen (secondary N) is 1. The summed E-state index contributed by atoms with van der Waals surface area (Å²) in [5, 5.41) is 12.2. The molecule has 1 amide bonds. The molecule has 2 aromatic heterocycles. The van der Waals surface area contributed by atoms with E-state index in [9.17, 15) is 9.59 Å². The predicted octanol–water partition coefficient (Wildman–Crippen LogP) is 2.53. The molecule has 2 aromatic carbocycles. The molecule has 0 atom stereocenters. The highest BCUT2D eigenvalue weighted by Gasteiger charge is 2.19. The molecule has 1 N–H and O–H groups in total. The molecule has 2 heterocycles. The van der Waals surface area contributed by atoms with Crippen molar-refractivity contribution in [2.24, 2.45) is 0 Å². The third-order valence-electron chi connectivity index (χ3n) is 5.44. The number of aromatic nitrogens is 4. The van der Waals surface area contributed by atoms with E-state index in [0.29, 0.717) is 33.8 Å². The molecule has 0 radical (unpaired) electrons. The standard InChI is InChI=1S/C24H25N5O4/c1-15-23-22(16(2)29(27-23)18-8-6-5-7-9-18)24(31)28(26-15)14-21(30)25-13-17-10-11-19(32-3)12-20(17)33-4/h5-12H,13-14H2,1-4H3,(H,25,30). The lowest BCUT2D eigenvalue weighted by Gasteiger charge is -2.12. The molecule has 0 unspecified atom stereocenters. The number of amides is 1. The second-order valence-corrected chi connectivity index (χ2v) is 7.56. The van der Waals surface area contributed by atoms with Crippen molar-refractivity contribution >= 4 is 16.8 Å². The van der Waals surface area contributed by atoms with Crippen LogP contribution < -0.4 is 20.3 Å². The van der Waals surface area contributed by atoms with Crippen LogP contribution in [-0.2, 0) is 17.9 Å². The van der Waals surface area contributed by atoms with Crippen molar-refractivity contribution in [3.05, 3.63) is 75.8 Å². The van der Waals surface area contributed by atoms with Crippen molar-refractivity contribution in [3.8, 4) is 17.2 Å². The molecule has 0 aliphatic rings. The highest BCUT2D eigenvalue weighted by molar-refractivity contribution is 5.83. The first kappa shape index (κ1) is 22.1. The minimum atomic E-state index is -0.354. The van der Waals surface area contributed by atoms with Gasteiger partial charge in [-0.25, -0.2) is 9.36 Å². The minimum Gasteiger partial charge on any atom is -0.497 e. The quantitative estimate of drug-likeness (QED) is 0.467. The summed E-state index contributed by atoms with van der Waals surface area (Å²) >= 11 is 0. The zero-order chi connectivity index (χ0) is 23.5. The number of carbonyl (C=O) groups is 1. The summed E-state index contributed by atoms with van der Waals surface area (Å²) in [5.41, 5.74) is 3.09. The molecule has 0 saturated carbocycles. The summed E-state index contributed by atoms with van der Waals surface area (Å²) in [6.07, 6.45) is 0. The topological polar surface area (TPSA) is 100 Å². The van der Waals surface area contributed by atoms with Crippen molar-refractivity contribution in [1.29, 1.82) is 0 Å². The van der Waals surface area contributed by atoms with Crippen molar-refractivity contribution in [1.82, 2.24) is 24.9 Å². The summed E-state index contributed by atoms with van der Waals surface area (Å²) in [6, 6.07) is 14.9. The average molecular weight is 447 g/mol. The first-order valence-electron chi connectivity index (χ1n) is 10.4. The van der Waals surface area contributed by atoms with E-state index in [2.05, 4.69) is 15.5 Å². The van der Waals surface area contributed by atoms with E-state index in [1.807, 2.05) is 43.3 Å². The molecule has 33 heavy (non-hydrogen) atoms. The summed E-state index contributed by atoms with van der Waals surface area (Å²) in [4.78, 5) is 25.8. The van der Waals surface area contributed by atoms with Crippen molar-refractivity contribution in [2.45, 2.75) is 26.9 Å². The SMILES string of the molecule is COc1ccc(CNC(=O)Cn2nc(C)c3nn(-c4ccccc4)c(C)c3c2=O)c(OC)c1. The molecular weight excluding hydrogens is 422 g/mol. The molecule has 0 bridgehead atoms. The number of rotatable bonds is 7. The molecule has 0 spiro atoms. The molecule has 0 fully saturated rings. The van der Waals surface area contributed by atoms with Gasteiger partial charge in [-0.15, -0.1) is 0 Å². The number of carbonyl (C=O) groups excluding carboxylic acids is 1. The van der Waals surface area contributed by atoms with Crippen LogP contribution in [0.2, 0.25) is 0 Å². The number of aryl methyl sites for hydroxylation is 2. The van der Waals surface area contributed by atoms with E-state index in [1.54, 1.807) is 38.0 Å². The molecule has 4 aromatic rings. The first-order chi connectivity index (χ1) is 15.9. The van der Waals surface area contributed by atoms with Crippen LogP contribution in [0, 0.1) is 13.8 Å². The average Bonchev–Trinajstić information content (AvgIpc) is 3.19. The first-order valence-corrected chi connectivity index (χ1v) is 10.4. The van der Waals surface area contributed by atoms with Crippen molar-refractivity contribution in [3.63, 3.8) is 0 Å². The Hall–Kier alpha value is -4.14. The maximum Gasteiger partial charge on any atom is 0.278 e. The number of benzene rings is 2. The Balaban J connectivity index is 1.58. The maximum atomic E-state index is 13.2. The Morgan fingerprint density at radius 1 is 1.03 bits per heavy atom. The van der Waals surface area contributed by atoms with Crippen LogP contribution in [0.1, 0.15) is 17.0 Å². The van der Waals surface area contributed by atoms with Gasteiger partial charge in [-0.3, -0.25) is 9.59 Å². The number of nitrogens with zero attached hydrogens (tertiary/aromatic N) is 4. The zero-order valence-corrected chi connectivity index (χ0v) is 19.0. The number of hydrogen-bond donors (Lipinski definition) is 1. The highest BCUT2D eigenvalue weighted by Crippen LogP contribution is 2.24. The maximum absolute atomic E-state index is 13.2. The number of para-hydroxylation sites is 1. The Morgan fingerprint density at radius 3 is 2.48 bits per heavy atom. The molecule has 9 heteroatoms. The van der Waals surface area contributed by atoms with E-state index in [1.165, 1.54) is 4.68 Å². The zero-order valence-electron chi connectivity index (χ0n) is 19.0. The van der Waals surface area contributed by atoms with Gasteiger partial charge in [0.1, 0.15) is 23.6 Å². The van der Waals surface area contributed by atoms with Gasteiger partial charge < -0.3 is 14.8 Å². The van der Waals surface area contributed by atoms with Gasteiger partial charge in [-0.05, 0) is 38.1 Å². The summed E-state index contributed by atoms with van der Waals surface area (Å²) < 4.78 is 13.5. The van der Waals surface area contributed by atoms with Crippen LogP contribution in [0.15, 0.2) is 53.3 Å². The van der Waals surface area contributed by atoms with E-state index >= 15 is 0 Å². The van der Waals surface area contributed by atoms with Crippen LogP contribution in [0.5, 0.6) is 11.5 Å². The van der Waals surface area contributed by atoms with Crippen LogP contribution in [0.4, 0.5) is 0 Å². The molecule has 170 valence electrons. The van der Waals surface area contributed by atoms with Crippen LogP contribution in [-0.4, -0.2) is 39.7 Å². The van der Waals surface area contributed by atoms with E-state index in [0.717, 1.165) is 11.3 Å². The molecule has 0 saturated heterocycles.